The summed E-state index contributed by atoms with van der Waals surface area (Å²) in [5, 5.41) is 11.1. The first-order valence-corrected chi connectivity index (χ1v) is 9.44. The fourth-order valence-electron chi connectivity index (χ4n) is 3.31. The number of benzene rings is 2. The van der Waals surface area contributed by atoms with Gasteiger partial charge < -0.3 is 19.7 Å². The average Bonchev–Trinajstić information content (AvgIpc) is 2.78. The maximum Gasteiger partial charge on any atom is 0.263 e. The fraction of sp³-hybridized carbons (Fsp3) is 0.227. The van der Waals surface area contributed by atoms with Crippen molar-refractivity contribution in [2.45, 2.75) is 13.0 Å². The lowest BCUT2D eigenvalue weighted by molar-refractivity contribution is -0.118. The Morgan fingerprint density at radius 1 is 1.00 bits per heavy atom. The van der Waals surface area contributed by atoms with Crippen molar-refractivity contribution in [3.05, 3.63) is 71.8 Å². The maximum atomic E-state index is 12.2. The quantitative estimate of drug-likeness (QED) is 0.697. The van der Waals surface area contributed by atoms with Gasteiger partial charge in [-0.3, -0.25) is 4.79 Å². The zero-order chi connectivity index (χ0) is 20.1. The number of aromatic nitrogens is 2. The Balaban J connectivity index is 1.33. The standard InChI is InChI=1S/C22H22N4O3/c1-28-18-8-4-5-9-19(18)29-15-22(27)23-20-10-11-21(25-24-20)26-13-12-16-6-2-3-7-17(16)14-26/h2-11H,12-15H2,1H3,(H,23,24,27). The molecule has 3 aromatic rings. The zero-order valence-electron chi connectivity index (χ0n) is 16.2. The first-order chi connectivity index (χ1) is 14.2. The highest BCUT2D eigenvalue weighted by Gasteiger charge is 2.17. The van der Waals surface area contributed by atoms with Crippen LogP contribution in [0.15, 0.2) is 60.7 Å². The maximum absolute atomic E-state index is 12.2. The molecule has 7 heteroatoms. The predicted molar refractivity (Wildman–Crippen MR) is 110 cm³/mol. The number of para-hydroxylation sites is 2. The molecular formula is C22H22N4O3. The van der Waals surface area contributed by atoms with E-state index in [4.69, 9.17) is 9.47 Å². The van der Waals surface area contributed by atoms with Crippen molar-refractivity contribution < 1.29 is 14.3 Å². The number of nitrogens with one attached hydrogen (secondary N) is 1. The van der Waals surface area contributed by atoms with E-state index in [2.05, 4.69) is 44.7 Å². The van der Waals surface area contributed by atoms with Crippen LogP contribution >= 0.6 is 0 Å². The molecule has 4 rings (SSSR count). The number of amides is 1. The van der Waals surface area contributed by atoms with Gasteiger partial charge in [0.15, 0.2) is 29.7 Å². The van der Waals surface area contributed by atoms with Crippen molar-refractivity contribution in [3.8, 4) is 11.5 Å². The second-order valence-corrected chi connectivity index (χ2v) is 6.70. The molecule has 29 heavy (non-hydrogen) atoms. The molecular weight excluding hydrogens is 368 g/mol. The van der Waals surface area contributed by atoms with Gasteiger partial charge in [0, 0.05) is 13.1 Å². The van der Waals surface area contributed by atoms with Gasteiger partial charge in [0.1, 0.15) is 0 Å². The second kappa shape index (κ2) is 8.60. The molecule has 1 amide bonds. The number of carbonyl (C=O) groups is 1. The summed E-state index contributed by atoms with van der Waals surface area (Å²) in [6.45, 7) is 1.56. The highest BCUT2D eigenvalue weighted by Crippen LogP contribution is 2.26. The Kier molecular flexibility index (Phi) is 5.56. The molecule has 2 aromatic carbocycles. The molecule has 148 valence electrons. The minimum atomic E-state index is -0.315. The van der Waals surface area contributed by atoms with E-state index in [-0.39, 0.29) is 12.5 Å². The van der Waals surface area contributed by atoms with Gasteiger partial charge in [0.05, 0.1) is 7.11 Å². The van der Waals surface area contributed by atoms with Gasteiger partial charge in [-0.2, -0.15) is 0 Å². The molecule has 0 spiro atoms. The van der Waals surface area contributed by atoms with Crippen LogP contribution in [0, 0.1) is 0 Å². The molecule has 0 saturated heterocycles. The van der Waals surface area contributed by atoms with Crippen molar-refractivity contribution in [2.75, 3.05) is 30.5 Å². The summed E-state index contributed by atoms with van der Waals surface area (Å²) in [6.07, 6.45) is 0.983. The molecule has 0 saturated carbocycles. The van der Waals surface area contributed by atoms with Crippen molar-refractivity contribution in [3.63, 3.8) is 0 Å². The number of rotatable bonds is 6. The fourth-order valence-corrected chi connectivity index (χ4v) is 3.31. The van der Waals surface area contributed by atoms with Crippen LogP contribution in [0.25, 0.3) is 0 Å². The Hall–Kier alpha value is -3.61. The van der Waals surface area contributed by atoms with Crippen LogP contribution in [0.4, 0.5) is 11.6 Å². The Morgan fingerprint density at radius 2 is 1.76 bits per heavy atom. The number of nitrogens with zero attached hydrogens (tertiary/aromatic N) is 3. The number of methoxy groups -OCH3 is 1. The molecule has 1 aromatic heterocycles. The van der Waals surface area contributed by atoms with Crippen LogP contribution in [-0.4, -0.2) is 36.4 Å². The average molecular weight is 390 g/mol. The van der Waals surface area contributed by atoms with Gasteiger partial charge in [-0.15, -0.1) is 10.2 Å². The van der Waals surface area contributed by atoms with Crippen LogP contribution in [-0.2, 0) is 17.8 Å². The summed E-state index contributed by atoms with van der Waals surface area (Å²) >= 11 is 0. The van der Waals surface area contributed by atoms with E-state index in [0.29, 0.717) is 17.3 Å². The molecule has 1 N–H and O–H groups in total. The smallest absolute Gasteiger partial charge is 0.263 e. The van der Waals surface area contributed by atoms with Crippen LogP contribution in [0.2, 0.25) is 0 Å². The number of ether oxygens (including phenoxy) is 2. The lowest BCUT2D eigenvalue weighted by Gasteiger charge is -2.29. The second-order valence-electron chi connectivity index (χ2n) is 6.70. The summed E-state index contributed by atoms with van der Waals surface area (Å²) in [6, 6.07) is 19.2. The summed E-state index contributed by atoms with van der Waals surface area (Å²) in [7, 11) is 1.56. The lowest BCUT2D eigenvalue weighted by Crippen LogP contribution is -2.31. The minimum absolute atomic E-state index is 0.146. The molecule has 1 aliphatic heterocycles. The molecule has 0 radical (unpaired) electrons. The largest absolute Gasteiger partial charge is 0.493 e. The van der Waals surface area contributed by atoms with E-state index in [9.17, 15) is 4.79 Å². The van der Waals surface area contributed by atoms with Gasteiger partial charge in [0.2, 0.25) is 0 Å². The van der Waals surface area contributed by atoms with Crippen molar-refractivity contribution >= 4 is 17.5 Å². The van der Waals surface area contributed by atoms with E-state index in [1.54, 1.807) is 25.3 Å². The number of anilines is 2. The number of hydrogen-bond donors (Lipinski definition) is 1. The number of fused-ring (bicyclic) bond motifs is 1. The lowest BCUT2D eigenvalue weighted by atomic mass is 10.00. The first-order valence-electron chi connectivity index (χ1n) is 9.44. The molecule has 0 unspecified atom stereocenters. The van der Waals surface area contributed by atoms with Crippen LogP contribution < -0.4 is 19.7 Å². The zero-order valence-corrected chi connectivity index (χ0v) is 16.2. The summed E-state index contributed by atoms with van der Waals surface area (Å²) in [5.41, 5.74) is 2.70. The van der Waals surface area contributed by atoms with E-state index < -0.39 is 0 Å². The highest BCUT2D eigenvalue weighted by atomic mass is 16.5. The third-order valence-corrected chi connectivity index (χ3v) is 4.80. The highest BCUT2D eigenvalue weighted by molar-refractivity contribution is 5.90. The van der Waals surface area contributed by atoms with Crippen LogP contribution in [0.1, 0.15) is 11.1 Å². The summed E-state index contributed by atoms with van der Waals surface area (Å²) in [4.78, 5) is 14.3. The monoisotopic (exact) mass is 390 g/mol. The molecule has 1 aliphatic rings. The summed E-state index contributed by atoms with van der Waals surface area (Å²) in [5.74, 6) is 1.96. The third kappa shape index (κ3) is 4.45. The molecule has 2 heterocycles. The molecule has 0 fully saturated rings. The predicted octanol–water partition coefficient (Wildman–Crippen LogP) is 3.07. The number of hydrogen-bond acceptors (Lipinski definition) is 6. The first kappa shape index (κ1) is 18.7. The van der Waals surface area contributed by atoms with E-state index >= 15 is 0 Å². The number of carbonyl (C=O) groups excluding carboxylic acids is 1. The van der Waals surface area contributed by atoms with Gasteiger partial charge in [0.25, 0.3) is 5.91 Å². The Morgan fingerprint density at radius 3 is 2.52 bits per heavy atom. The Bertz CT molecular complexity index is 991. The molecule has 7 nitrogen and oxygen atoms in total. The van der Waals surface area contributed by atoms with Crippen molar-refractivity contribution in [1.29, 1.82) is 0 Å². The van der Waals surface area contributed by atoms with E-state index in [1.807, 2.05) is 18.2 Å². The van der Waals surface area contributed by atoms with Gasteiger partial charge >= 0.3 is 0 Å². The van der Waals surface area contributed by atoms with Gasteiger partial charge in [-0.25, -0.2) is 0 Å². The summed E-state index contributed by atoms with van der Waals surface area (Å²) < 4.78 is 10.7. The van der Waals surface area contributed by atoms with Gasteiger partial charge in [-0.05, 0) is 41.8 Å². The van der Waals surface area contributed by atoms with Crippen molar-refractivity contribution in [1.82, 2.24) is 10.2 Å². The SMILES string of the molecule is COc1ccccc1OCC(=O)Nc1ccc(N2CCc3ccccc3C2)nn1. The molecule has 0 atom stereocenters. The van der Waals surface area contributed by atoms with Crippen LogP contribution in [0.5, 0.6) is 11.5 Å². The third-order valence-electron chi connectivity index (χ3n) is 4.80. The molecule has 0 bridgehead atoms. The van der Waals surface area contributed by atoms with E-state index in [0.717, 1.165) is 25.3 Å². The van der Waals surface area contributed by atoms with E-state index in [1.165, 1.54) is 11.1 Å². The van der Waals surface area contributed by atoms with Gasteiger partial charge in [-0.1, -0.05) is 36.4 Å². The normalized spacial score (nSPS) is 12.8. The Labute approximate surface area is 169 Å². The minimum Gasteiger partial charge on any atom is -0.493 e. The van der Waals surface area contributed by atoms with Crippen molar-refractivity contribution in [2.24, 2.45) is 0 Å². The molecule has 0 aliphatic carbocycles. The topological polar surface area (TPSA) is 76.6 Å². The van der Waals surface area contributed by atoms with Crippen LogP contribution in [0.3, 0.4) is 0 Å².